The number of ether oxygens (including phenoxy) is 2. The number of benzene rings is 2. The molecular formula is C16H16O2. The van der Waals surface area contributed by atoms with Gasteiger partial charge in [0.05, 0.1) is 6.10 Å². The lowest BCUT2D eigenvalue weighted by atomic mass is 10.2. The van der Waals surface area contributed by atoms with Gasteiger partial charge in [0.15, 0.2) is 0 Å². The average molecular weight is 240 g/mol. The van der Waals surface area contributed by atoms with Crippen LogP contribution >= 0.6 is 0 Å². The van der Waals surface area contributed by atoms with E-state index in [0.717, 1.165) is 11.5 Å². The van der Waals surface area contributed by atoms with Crippen molar-refractivity contribution in [1.82, 2.24) is 0 Å². The van der Waals surface area contributed by atoms with Gasteiger partial charge in [-0.2, -0.15) is 0 Å². The van der Waals surface area contributed by atoms with Crippen molar-refractivity contribution in [2.45, 2.75) is 25.6 Å². The smallest absolute Gasteiger partial charge is 0.120 e. The Balaban J connectivity index is 1.56. The molecular weight excluding hydrogens is 224 g/mol. The van der Waals surface area contributed by atoms with Crippen LogP contribution in [0.4, 0.5) is 0 Å². The second-order valence-electron chi connectivity index (χ2n) is 4.56. The van der Waals surface area contributed by atoms with Crippen molar-refractivity contribution in [1.29, 1.82) is 0 Å². The van der Waals surface area contributed by atoms with Crippen LogP contribution in [0.15, 0.2) is 54.6 Å². The molecule has 2 heteroatoms. The van der Waals surface area contributed by atoms with E-state index < -0.39 is 0 Å². The molecule has 0 amide bonds. The van der Waals surface area contributed by atoms with Crippen molar-refractivity contribution in [3.8, 4) is 11.5 Å². The van der Waals surface area contributed by atoms with Gasteiger partial charge in [-0.3, -0.25) is 0 Å². The third-order valence-electron chi connectivity index (χ3n) is 2.90. The monoisotopic (exact) mass is 240 g/mol. The first kappa shape index (κ1) is 11.1. The van der Waals surface area contributed by atoms with Crippen LogP contribution in [0.2, 0.25) is 0 Å². The summed E-state index contributed by atoms with van der Waals surface area (Å²) >= 11 is 0. The predicted octanol–water partition coefficient (Wildman–Crippen LogP) is 3.81. The fourth-order valence-electron chi connectivity index (χ4n) is 1.73. The summed E-state index contributed by atoms with van der Waals surface area (Å²) in [5, 5.41) is 0. The van der Waals surface area contributed by atoms with Gasteiger partial charge in [-0.15, -0.1) is 0 Å². The Labute approximate surface area is 107 Å². The summed E-state index contributed by atoms with van der Waals surface area (Å²) in [4.78, 5) is 0. The van der Waals surface area contributed by atoms with Crippen molar-refractivity contribution >= 4 is 0 Å². The molecule has 1 aliphatic carbocycles. The first-order valence-electron chi connectivity index (χ1n) is 6.33. The zero-order chi connectivity index (χ0) is 12.2. The Morgan fingerprint density at radius 2 is 1.50 bits per heavy atom. The van der Waals surface area contributed by atoms with Gasteiger partial charge in [-0.25, -0.2) is 0 Å². The van der Waals surface area contributed by atoms with Gasteiger partial charge in [0.2, 0.25) is 0 Å². The summed E-state index contributed by atoms with van der Waals surface area (Å²) in [6, 6.07) is 18.0. The van der Waals surface area contributed by atoms with E-state index in [0.29, 0.717) is 12.7 Å². The van der Waals surface area contributed by atoms with Gasteiger partial charge in [-0.05, 0) is 42.7 Å². The van der Waals surface area contributed by atoms with E-state index in [1.807, 2.05) is 42.5 Å². The molecule has 0 spiro atoms. The molecule has 18 heavy (non-hydrogen) atoms. The van der Waals surface area contributed by atoms with Crippen molar-refractivity contribution < 1.29 is 9.47 Å². The fraction of sp³-hybridized carbons (Fsp3) is 0.250. The van der Waals surface area contributed by atoms with Gasteiger partial charge in [-0.1, -0.05) is 30.3 Å². The third kappa shape index (κ3) is 3.04. The molecule has 92 valence electrons. The van der Waals surface area contributed by atoms with Crippen LogP contribution in [0.1, 0.15) is 18.4 Å². The number of hydrogen-bond acceptors (Lipinski definition) is 2. The topological polar surface area (TPSA) is 18.5 Å². The maximum Gasteiger partial charge on any atom is 0.120 e. The quantitative estimate of drug-likeness (QED) is 0.791. The van der Waals surface area contributed by atoms with E-state index in [1.165, 1.54) is 18.4 Å². The predicted molar refractivity (Wildman–Crippen MR) is 70.9 cm³/mol. The van der Waals surface area contributed by atoms with Crippen LogP contribution < -0.4 is 9.47 Å². The van der Waals surface area contributed by atoms with Crippen molar-refractivity contribution in [3.63, 3.8) is 0 Å². The highest BCUT2D eigenvalue weighted by atomic mass is 16.5. The van der Waals surface area contributed by atoms with Crippen LogP contribution in [0, 0.1) is 0 Å². The lowest BCUT2D eigenvalue weighted by Crippen LogP contribution is -1.97. The van der Waals surface area contributed by atoms with Gasteiger partial charge >= 0.3 is 0 Å². The molecule has 2 aromatic rings. The molecule has 0 unspecified atom stereocenters. The summed E-state index contributed by atoms with van der Waals surface area (Å²) in [6.07, 6.45) is 2.82. The molecule has 2 nitrogen and oxygen atoms in total. The Kier molecular flexibility index (Phi) is 3.18. The largest absolute Gasteiger partial charge is 0.490 e. The molecule has 0 saturated heterocycles. The zero-order valence-electron chi connectivity index (χ0n) is 10.2. The van der Waals surface area contributed by atoms with E-state index in [4.69, 9.17) is 9.47 Å². The number of rotatable bonds is 5. The second kappa shape index (κ2) is 5.13. The molecule has 0 aliphatic heterocycles. The minimum Gasteiger partial charge on any atom is -0.490 e. The molecule has 1 fully saturated rings. The van der Waals surface area contributed by atoms with Crippen LogP contribution in [0.25, 0.3) is 0 Å². The summed E-state index contributed by atoms with van der Waals surface area (Å²) < 4.78 is 11.4. The first-order valence-corrected chi connectivity index (χ1v) is 6.33. The molecule has 3 rings (SSSR count). The maximum atomic E-state index is 5.71. The van der Waals surface area contributed by atoms with Crippen LogP contribution in [0.5, 0.6) is 11.5 Å². The minimum absolute atomic E-state index is 0.445. The standard InChI is InChI=1S/C16H16O2/c1-2-4-13(5-3-1)12-17-14-6-8-15(9-7-14)18-16-10-11-16/h1-9,16H,10-12H2. The number of hydrogen-bond donors (Lipinski definition) is 0. The summed E-state index contributed by atoms with van der Waals surface area (Å²) in [5.41, 5.74) is 1.18. The van der Waals surface area contributed by atoms with Gasteiger partial charge in [0.1, 0.15) is 18.1 Å². The molecule has 2 aromatic carbocycles. The van der Waals surface area contributed by atoms with E-state index in [2.05, 4.69) is 12.1 Å². The highest BCUT2D eigenvalue weighted by Gasteiger charge is 2.23. The lowest BCUT2D eigenvalue weighted by molar-refractivity contribution is 0.295. The molecule has 1 saturated carbocycles. The van der Waals surface area contributed by atoms with Crippen LogP contribution in [0.3, 0.4) is 0 Å². The highest BCUT2D eigenvalue weighted by Crippen LogP contribution is 2.27. The van der Waals surface area contributed by atoms with E-state index in [9.17, 15) is 0 Å². The molecule has 0 aromatic heterocycles. The second-order valence-corrected chi connectivity index (χ2v) is 4.56. The molecule has 0 heterocycles. The van der Waals surface area contributed by atoms with E-state index in [-0.39, 0.29) is 0 Å². The Morgan fingerprint density at radius 1 is 0.833 bits per heavy atom. The third-order valence-corrected chi connectivity index (χ3v) is 2.90. The van der Waals surface area contributed by atoms with Crippen molar-refractivity contribution in [2.24, 2.45) is 0 Å². The fourth-order valence-corrected chi connectivity index (χ4v) is 1.73. The Morgan fingerprint density at radius 3 is 2.17 bits per heavy atom. The van der Waals surface area contributed by atoms with Crippen LogP contribution in [-0.2, 0) is 6.61 Å². The molecule has 1 aliphatic rings. The minimum atomic E-state index is 0.445. The summed E-state index contributed by atoms with van der Waals surface area (Å²) in [6.45, 7) is 0.601. The van der Waals surface area contributed by atoms with Crippen molar-refractivity contribution in [2.75, 3.05) is 0 Å². The zero-order valence-corrected chi connectivity index (χ0v) is 10.2. The van der Waals surface area contributed by atoms with E-state index >= 15 is 0 Å². The Bertz CT molecular complexity index is 486. The maximum absolute atomic E-state index is 5.71. The average Bonchev–Trinajstić information content (AvgIpc) is 3.23. The van der Waals surface area contributed by atoms with E-state index in [1.54, 1.807) is 0 Å². The summed E-state index contributed by atoms with van der Waals surface area (Å²) in [7, 11) is 0. The van der Waals surface area contributed by atoms with Gasteiger partial charge in [0, 0.05) is 0 Å². The molecule has 0 atom stereocenters. The SMILES string of the molecule is c1ccc(COc2ccc(OC3CC3)cc2)cc1. The Hall–Kier alpha value is -1.96. The highest BCUT2D eigenvalue weighted by molar-refractivity contribution is 5.32. The van der Waals surface area contributed by atoms with Gasteiger partial charge in [0.25, 0.3) is 0 Å². The first-order chi connectivity index (χ1) is 8.90. The molecule has 0 radical (unpaired) electrons. The van der Waals surface area contributed by atoms with Crippen molar-refractivity contribution in [3.05, 3.63) is 60.2 Å². The molecule has 0 bridgehead atoms. The summed E-state index contributed by atoms with van der Waals surface area (Å²) in [5.74, 6) is 1.81. The van der Waals surface area contributed by atoms with Gasteiger partial charge < -0.3 is 9.47 Å². The normalized spacial score (nSPS) is 14.2. The van der Waals surface area contributed by atoms with Crippen LogP contribution in [-0.4, -0.2) is 6.10 Å². The lowest BCUT2D eigenvalue weighted by Gasteiger charge is -2.08. The molecule has 0 N–H and O–H groups in total.